The molecule has 2 rings (SSSR count). The fraction of sp³-hybridized carbons (Fsp3) is 0.250. The van der Waals surface area contributed by atoms with Crippen LogP contribution in [0.1, 0.15) is 25.5 Å². The summed E-state index contributed by atoms with van der Waals surface area (Å²) in [5.41, 5.74) is 1.17. The fourth-order valence-corrected chi connectivity index (χ4v) is 2.68. The van der Waals surface area contributed by atoms with E-state index in [0.717, 1.165) is 6.54 Å². The van der Waals surface area contributed by atoms with E-state index in [-0.39, 0.29) is 11.1 Å². The Morgan fingerprint density at radius 2 is 1.95 bits per heavy atom. The van der Waals surface area contributed by atoms with Gasteiger partial charge < -0.3 is 10.1 Å². The Labute approximate surface area is 137 Å². The highest BCUT2D eigenvalue weighted by Gasteiger charge is 2.09. The summed E-state index contributed by atoms with van der Waals surface area (Å²) in [5.74, 6) is 0.529. The van der Waals surface area contributed by atoms with Crippen LogP contribution >= 0.6 is 27.5 Å². The summed E-state index contributed by atoms with van der Waals surface area (Å²) in [7, 11) is 0. The lowest BCUT2D eigenvalue weighted by Gasteiger charge is -2.14. The summed E-state index contributed by atoms with van der Waals surface area (Å²) in [6.45, 7) is 5.08. The Balaban J connectivity index is 2.15. The van der Waals surface area contributed by atoms with Gasteiger partial charge in [-0.25, -0.2) is 4.39 Å². The Morgan fingerprint density at radius 1 is 1.29 bits per heavy atom. The molecule has 2 aromatic carbocycles. The van der Waals surface area contributed by atoms with Crippen molar-refractivity contribution >= 4 is 27.5 Å². The maximum atomic E-state index is 13.5. The van der Waals surface area contributed by atoms with Crippen LogP contribution in [0.2, 0.25) is 5.02 Å². The highest BCUT2D eigenvalue weighted by Crippen LogP contribution is 2.34. The molecule has 2 aromatic rings. The lowest BCUT2D eigenvalue weighted by Crippen LogP contribution is -2.17. The quantitative estimate of drug-likeness (QED) is 0.679. The number of nitrogens with one attached hydrogen (secondary N) is 1. The van der Waals surface area contributed by atoms with Crippen LogP contribution in [0.25, 0.3) is 0 Å². The zero-order chi connectivity index (χ0) is 15.4. The van der Waals surface area contributed by atoms with Gasteiger partial charge in [0.15, 0.2) is 0 Å². The molecule has 0 aliphatic heterocycles. The standard InChI is InChI=1S/C16H16BrClFNO/c1-3-20-10(2)11-4-6-12(7-5-11)21-16-9-15(19)14(18)8-13(16)17/h4-10,20H,3H2,1-2H3. The third-order valence-electron chi connectivity index (χ3n) is 3.09. The second kappa shape index (κ2) is 7.25. The molecule has 21 heavy (non-hydrogen) atoms. The first-order valence-corrected chi connectivity index (χ1v) is 7.84. The van der Waals surface area contributed by atoms with Gasteiger partial charge in [-0.2, -0.15) is 0 Å². The van der Waals surface area contributed by atoms with E-state index in [0.29, 0.717) is 16.0 Å². The molecular formula is C16H16BrClFNO. The largest absolute Gasteiger partial charge is 0.456 e. The Kier molecular flexibility index (Phi) is 5.62. The minimum absolute atomic E-state index is 0.0593. The van der Waals surface area contributed by atoms with E-state index in [4.69, 9.17) is 16.3 Å². The molecule has 0 aliphatic carbocycles. The predicted molar refractivity (Wildman–Crippen MR) is 87.7 cm³/mol. The lowest BCUT2D eigenvalue weighted by molar-refractivity contribution is 0.473. The monoisotopic (exact) mass is 371 g/mol. The van der Waals surface area contributed by atoms with Crippen molar-refractivity contribution in [1.82, 2.24) is 5.32 Å². The van der Waals surface area contributed by atoms with Gasteiger partial charge in [-0.1, -0.05) is 30.7 Å². The molecule has 0 saturated carbocycles. The highest BCUT2D eigenvalue weighted by atomic mass is 79.9. The van der Waals surface area contributed by atoms with Gasteiger partial charge in [0, 0.05) is 12.1 Å². The van der Waals surface area contributed by atoms with Crippen LogP contribution in [0.15, 0.2) is 40.9 Å². The molecule has 0 fully saturated rings. The third kappa shape index (κ3) is 4.19. The van der Waals surface area contributed by atoms with Crippen molar-refractivity contribution in [3.8, 4) is 11.5 Å². The molecule has 0 aliphatic rings. The van der Waals surface area contributed by atoms with Crippen molar-refractivity contribution in [2.45, 2.75) is 19.9 Å². The molecule has 1 N–H and O–H groups in total. The maximum Gasteiger partial charge on any atom is 0.145 e. The van der Waals surface area contributed by atoms with Crippen molar-refractivity contribution < 1.29 is 9.13 Å². The van der Waals surface area contributed by atoms with E-state index in [1.807, 2.05) is 24.3 Å². The Morgan fingerprint density at radius 3 is 2.57 bits per heavy atom. The zero-order valence-corrected chi connectivity index (χ0v) is 14.1. The van der Waals surface area contributed by atoms with Crippen LogP contribution in [0, 0.1) is 5.82 Å². The van der Waals surface area contributed by atoms with Gasteiger partial charge in [-0.15, -0.1) is 0 Å². The summed E-state index contributed by atoms with van der Waals surface area (Å²) < 4.78 is 19.8. The minimum atomic E-state index is -0.507. The van der Waals surface area contributed by atoms with Crippen molar-refractivity contribution in [2.24, 2.45) is 0 Å². The van der Waals surface area contributed by atoms with Crippen LogP contribution in [0.3, 0.4) is 0 Å². The molecule has 1 atom stereocenters. The van der Waals surface area contributed by atoms with E-state index >= 15 is 0 Å². The van der Waals surface area contributed by atoms with E-state index in [9.17, 15) is 4.39 Å². The van der Waals surface area contributed by atoms with Crippen molar-refractivity contribution in [2.75, 3.05) is 6.54 Å². The third-order valence-corrected chi connectivity index (χ3v) is 4.00. The second-order valence-corrected chi connectivity index (χ2v) is 5.91. The number of hydrogen-bond acceptors (Lipinski definition) is 2. The lowest BCUT2D eigenvalue weighted by atomic mass is 10.1. The average molecular weight is 373 g/mol. The summed E-state index contributed by atoms with van der Waals surface area (Å²) in [6, 6.07) is 10.7. The number of benzene rings is 2. The molecule has 112 valence electrons. The smallest absolute Gasteiger partial charge is 0.145 e. The zero-order valence-electron chi connectivity index (χ0n) is 11.8. The van der Waals surface area contributed by atoms with Crippen molar-refractivity contribution in [3.05, 3.63) is 57.3 Å². The average Bonchev–Trinajstić information content (AvgIpc) is 2.46. The second-order valence-electron chi connectivity index (χ2n) is 4.65. The minimum Gasteiger partial charge on any atom is -0.456 e. The summed E-state index contributed by atoms with van der Waals surface area (Å²) in [5, 5.41) is 3.40. The molecule has 0 heterocycles. The molecule has 1 unspecified atom stereocenters. The molecule has 0 aromatic heterocycles. The van der Waals surface area contributed by atoms with E-state index in [2.05, 4.69) is 35.1 Å². The van der Waals surface area contributed by atoms with Gasteiger partial charge in [-0.3, -0.25) is 0 Å². The first kappa shape index (κ1) is 16.3. The summed E-state index contributed by atoms with van der Waals surface area (Å²) in [6.07, 6.45) is 0. The van der Waals surface area contributed by atoms with Crippen molar-refractivity contribution in [1.29, 1.82) is 0 Å². The van der Waals surface area contributed by atoms with Crippen LogP contribution in [-0.2, 0) is 0 Å². The van der Waals surface area contributed by atoms with Gasteiger partial charge in [0.2, 0.25) is 0 Å². The SMILES string of the molecule is CCNC(C)c1ccc(Oc2cc(F)c(Cl)cc2Br)cc1. The van der Waals surface area contributed by atoms with Gasteiger partial charge in [0.1, 0.15) is 17.3 Å². The Bertz CT molecular complexity index is 618. The molecule has 0 amide bonds. The molecule has 5 heteroatoms. The van der Waals surface area contributed by atoms with Gasteiger partial charge in [0.25, 0.3) is 0 Å². The topological polar surface area (TPSA) is 21.3 Å². The van der Waals surface area contributed by atoms with Gasteiger partial charge in [-0.05, 0) is 53.2 Å². The Hall–Kier alpha value is -1.10. The first-order valence-electron chi connectivity index (χ1n) is 6.67. The number of halogens is 3. The van der Waals surface area contributed by atoms with E-state index in [1.54, 1.807) is 0 Å². The number of ether oxygens (including phenoxy) is 1. The number of rotatable bonds is 5. The van der Waals surface area contributed by atoms with Crippen molar-refractivity contribution in [3.63, 3.8) is 0 Å². The fourth-order valence-electron chi connectivity index (χ4n) is 1.96. The summed E-state index contributed by atoms with van der Waals surface area (Å²) in [4.78, 5) is 0. The molecular weight excluding hydrogens is 357 g/mol. The number of hydrogen-bond donors (Lipinski definition) is 1. The first-order chi connectivity index (χ1) is 10.0. The highest BCUT2D eigenvalue weighted by molar-refractivity contribution is 9.10. The molecule has 0 spiro atoms. The van der Waals surface area contributed by atoms with Crippen LogP contribution in [0.4, 0.5) is 4.39 Å². The maximum absolute atomic E-state index is 13.5. The van der Waals surface area contributed by atoms with Crippen LogP contribution in [-0.4, -0.2) is 6.54 Å². The molecule has 0 bridgehead atoms. The molecule has 0 saturated heterocycles. The van der Waals surface area contributed by atoms with E-state index in [1.165, 1.54) is 17.7 Å². The van der Waals surface area contributed by atoms with Gasteiger partial charge in [0.05, 0.1) is 9.50 Å². The summed E-state index contributed by atoms with van der Waals surface area (Å²) >= 11 is 9.02. The molecule has 2 nitrogen and oxygen atoms in total. The molecule has 0 radical (unpaired) electrons. The van der Waals surface area contributed by atoms with E-state index < -0.39 is 5.82 Å². The van der Waals surface area contributed by atoms with Crippen LogP contribution in [0.5, 0.6) is 11.5 Å². The van der Waals surface area contributed by atoms with Crippen LogP contribution < -0.4 is 10.1 Å². The normalized spacial score (nSPS) is 12.2. The van der Waals surface area contributed by atoms with Gasteiger partial charge >= 0.3 is 0 Å². The predicted octanol–water partition coefficient (Wildman–Crippen LogP) is 5.70.